The highest BCUT2D eigenvalue weighted by molar-refractivity contribution is 8.02. The summed E-state index contributed by atoms with van der Waals surface area (Å²) in [7, 11) is 0. The minimum atomic E-state index is 0.298. The molecule has 0 amide bonds. The fourth-order valence-corrected chi connectivity index (χ4v) is 2.86. The first-order valence-corrected chi connectivity index (χ1v) is 7.18. The van der Waals surface area contributed by atoms with Crippen molar-refractivity contribution < 1.29 is 4.42 Å². The van der Waals surface area contributed by atoms with Crippen molar-refractivity contribution in [2.75, 3.05) is 11.5 Å². The topological polar surface area (TPSA) is 64.9 Å². The summed E-state index contributed by atoms with van der Waals surface area (Å²) in [5.74, 6) is 2.43. The third-order valence-corrected chi connectivity index (χ3v) is 4.04. The average Bonchev–Trinajstić information content (AvgIpc) is 2.84. The molecule has 2 N–H and O–H groups in total. The van der Waals surface area contributed by atoms with Gasteiger partial charge in [-0.3, -0.25) is 0 Å². The molecule has 1 heterocycles. The number of thioether (sulfide) groups is 2. The Morgan fingerprint density at radius 3 is 2.53 bits per heavy atom. The van der Waals surface area contributed by atoms with Gasteiger partial charge in [-0.1, -0.05) is 30.0 Å². The molecule has 4 nitrogen and oxygen atoms in total. The first kappa shape index (κ1) is 12.5. The van der Waals surface area contributed by atoms with Gasteiger partial charge in [-0.15, -0.1) is 22.0 Å². The van der Waals surface area contributed by atoms with Crippen LogP contribution in [0.4, 0.5) is 0 Å². The fraction of sp³-hybridized carbons (Fsp3) is 0.273. The Labute approximate surface area is 108 Å². The van der Waals surface area contributed by atoms with Gasteiger partial charge in [0.1, 0.15) is 0 Å². The van der Waals surface area contributed by atoms with E-state index in [1.165, 1.54) is 4.90 Å². The van der Waals surface area contributed by atoms with E-state index in [9.17, 15) is 0 Å². The normalized spacial score (nSPS) is 10.6. The van der Waals surface area contributed by atoms with Gasteiger partial charge < -0.3 is 10.2 Å². The highest BCUT2D eigenvalue weighted by Gasteiger charge is 2.04. The lowest BCUT2D eigenvalue weighted by molar-refractivity contribution is 0.415. The molecule has 0 unspecified atom stereocenters. The molecule has 0 spiro atoms. The van der Waals surface area contributed by atoms with Gasteiger partial charge in [-0.25, -0.2) is 0 Å². The lowest BCUT2D eigenvalue weighted by atomic mass is 10.4. The SMILES string of the molecule is NCc1nnc(SCCSc2ccccc2)o1. The van der Waals surface area contributed by atoms with Gasteiger partial charge in [0, 0.05) is 16.4 Å². The molecule has 1 aromatic heterocycles. The zero-order chi connectivity index (χ0) is 11.9. The van der Waals surface area contributed by atoms with E-state index in [1.54, 1.807) is 11.8 Å². The maximum absolute atomic E-state index is 5.38. The number of hydrogen-bond donors (Lipinski definition) is 1. The first-order chi connectivity index (χ1) is 8.38. The third-order valence-electron chi connectivity index (χ3n) is 1.94. The van der Waals surface area contributed by atoms with Gasteiger partial charge in [0.15, 0.2) is 0 Å². The second-order valence-corrected chi connectivity index (χ2v) is 5.39. The van der Waals surface area contributed by atoms with Crippen molar-refractivity contribution in [3.8, 4) is 0 Å². The zero-order valence-electron chi connectivity index (χ0n) is 9.20. The first-order valence-electron chi connectivity index (χ1n) is 5.21. The Hall–Kier alpha value is -0.980. The lowest BCUT2D eigenvalue weighted by Gasteiger charge is -1.98. The quantitative estimate of drug-likeness (QED) is 0.640. The third kappa shape index (κ3) is 4.07. The molecular weight excluding hydrogens is 254 g/mol. The van der Waals surface area contributed by atoms with Crippen LogP contribution in [0.3, 0.4) is 0 Å². The number of rotatable bonds is 6. The van der Waals surface area contributed by atoms with Crippen LogP contribution in [-0.2, 0) is 6.54 Å². The summed E-state index contributed by atoms with van der Waals surface area (Å²) >= 11 is 3.38. The van der Waals surface area contributed by atoms with E-state index in [-0.39, 0.29) is 0 Å². The van der Waals surface area contributed by atoms with Crippen LogP contribution in [0.5, 0.6) is 0 Å². The van der Waals surface area contributed by atoms with Crippen molar-refractivity contribution in [2.45, 2.75) is 16.7 Å². The van der Waals surface area contributed by atoms with Gasteiger partial charge in [0.25, 0.3) is 5.22 Å². The van der Waals surface area contributed by atoms with Gasteiger partial charge in [-0.05, 0) is 12.1 Å². The second-order valence-electron chi connectivity index (χ2n) is 3.18. The molecule has 0 saturated carbocycles. The molecule has 17 heavy (non-hydrogen) atoms. The minimum Gasteiger partial charge on any atom is -0.415 e. The van der Waals surface area contributed by atoms with Gasteiger partial charge >= 0.3 is 0 Å². The van der Waals surface area contributed by atoms with E-state index in [4.69, 9.17) is 10.2 Å². The molecule has 0 radical (unpaired) electrons. The second kappa shape index (κ2) is 6.68. The van der Waals surface area contributed by atoms with Crippen LogP contribution < -0.4 is 5.73 Å². The Bertz CT molecular complexity index is 447. The Kier molecular flexibility index (Phi) is 4.90. The van der Waals surface area contributed by atoms with Crippen LogP contribution in [-0.4, -0.2) is 21.7 Å². The predicted molar refractivity (Wildman–Crippen MR) is 70.1 cm³/mol. The largest absolute Gasteiger partial charge is 0.415 e. The lowest BCUT2D eigenvalue weighted by Crippen LogP contribution is -1.95. The number of aromatic nitrogens is 2. The smallest absolute Gasteiger partial charge is 0.276 e. The van der Waals surface area contributed by atoms with Crippen LogP contribution in [0.1, 0.15) is 5.89 Å². The summed E-state index contributed by atoms with van der Waals surface area (Å²) < 4.78 is 5.29. The van der Waals surface area contributed by atoms with Crippen molar-refractivity contribution in [3.05, 3.63) is 36.2 Å². The monoisotopic (exact) mass is 267 g/mol. The molecule has 0 bridgehead atoms. The Morgan fingerprint density at radius 1 is 1.06 bits per heavy atom. The van der Waals surface area contributed by atoms with E-state index >= 15 is 0 Å². The molecule has 90 valence electrons. The number of benzene rings is 1. The van der Waals surface area contributed by atoms with E-state index < -0.39 is 0 Å². The van der Waals surface area contributed by atoms with E-state index in [2.05, 4.69) is 22.3 Å². The maximum Gasteiger partial charge on any atom is 0.276 e. The van der Waals surface area contributed by atoms with Crippen LogP contribution in [0.2, 0.25) is 0 Å². The van der Waals surface area contributed by atoms with Gasteiger partial charge in [0.05, 0.1) is 6.54 Å². The van der Waals surface area contributed by atoms with Crippen molar-refractivity contribution in [1.29, 1.82) is 0 Å². The van der Waals surface area contributed by atoms with Crippen molar-refractivity contribution in [3.63, 3.8) is 0 Å². The summed E-state index contributed by atoms with van der Waals surface area (Å²) in [5, 5.41) is 8.29. The fourth-order valence-electron chi connectivity index (χ4n) is 1.18. The molecule has 0 aliphatic rings. The number of nitrogens with two attached hydrogens (primary N) is 1. The van der Waals surface area contributed by atoms with E-state index in [0.717, 1.165) is 11.5 Å². The summed E-state index contributed by atoms with van der Waals surface area (Å²) in [6.07, 6.45) is 0. The Balaban J connectivity index is 1.69. The summed E-state index contributed by atoms with van der Waals surface area (Å²) in [6, 6.07) is 10.3. The highest BCUT2D eigenvalue weighted by atomic mass is 32.2. The standard InChI is InChI=1S/C11H13N3OS2/c12-8-10-13-14-11(15-10)17-7-6-16-9-4-2-1-3-5-9/h1-5H,6-8,12H2. The average molecular weight is 267 g/mol. The molecule has 0 aliphatic carbocycles. The van der Waals surface area contributed by atoms with Crippen LogP contribution >= 0.6 is 23.5 Å². The van der Waals surface area contributed by atoms with Crippen LogP contribution in [0.25, 0.3) is 0 Å². The van der Waals surface area contributed by atoms with Crippen molar-refractivity contribution >= 4 is 23.5 Å². The molecule has 1 aromatic carbocycles. The predicted octanol–water partition coefficient (Wildman–Crippen LogP) is 2.41. The summed E-state index contributed by atoms with van der Waals surface area (Å²) in [6.45, 7) is 0.298. The molecule has 6 heteroatoms. The summed E-state index contributed by atoms with van der Waals surface area (Å²) in [5.41, 5.74) is 5.38. The van der Waals surface area contributed by atoms with Crippen LogP contribution in [0, 0.1) is 0 Å². The maximum atomic E-state index is 5.38. The van der Waals surface area contributed by atoms with Crippen molar-refractivity contribution in [1.82, 2.24) is 10.2 Å². The van der Waals surface area contributed by atoms with Crippen molar-refractivity contribution in [2.24, 2.45) is 5.73 Å². The van der Waals surface area contributed by atoms with Gasteiger partial charge in [-0.2, -0.15) is 0 Å². The highest BCUT2D eigenvalue weighted by Crippen LogP contribution is 2.21. The zero-order valence-corrected chi connectivity index (χ0v) is 10.8. The number of hydrogen-bond acceptors (Lipinski definition) is 6. The molecule has 0 saturated heterocycles. The molecule has 0 atom stereocenters. The number of nitrogens with zero attached hydrogens (tertiary/aromatic N) is 2. The Morgan fingerprint density at radius 2 is 1.82 bits per heavy atom. The van der Waals surface area contributed by atoms with Gasteiger partial charge in [0.2, 0.25) is 5.89 Å². The minimum absolute atomic E-state index is 0.298. The molecule has 2 rings (SSSR count). The van der Waals surface area contributed by atoms with Crippen LogP contribution in [0.15, 0.2) is 44.9 Å². The summed E-state index contributed by atoms with van der Waals surface area (Å²) in [4.78, 5) is 1.28. The van der Waals surface area contributed by atoms with E-state index in [1.807, 2.05) is 30.0 Å². The van der Waals surface area contributed by atoms with E-state index in [0.29, 0.717) is 17.7 Å². The molecule has 0 aliphatic heterocycles. The molecule has 2 aromatic rings. The molecule has 0 fully saturated rings. The molecular formula is C11H13N3OS2.